The van der Waals surface area contributed by atoms with Crippen LogP contribution in [-0.4, -0.2) is 37.9 Å². The Balaban J connectivity index is 3.15. The van der Waals surface area contributed by atoms with Crippen molar-refractivity contribution < 1.29 is 27.8 Å². The van der Waals surface area contributed by atoms with Crippen LogP contribution in [0.2, 0.25) is 0 Å². The molecule has 0 unspecified atom stereocenters. The minimum Gasteiger partial charge on any atom is -0.480 e. The third kappa shape index (κ3) is 4.65. The molecule has 1 aromatic carbocycles. The Bertz CT molecular complexity index is 553. The van der Waals surface area contributed by atoms with E-state index in [-0.39, 0.29) is 18.8 Å². The summed E-state index contributed by atoms with van der Waals surface area (Å²) in [6.45, 7) is -0.0190. The molecular formula is C13H13F3N2O3. The van der Waals surface area contributed by atoms with Crippen molar-refractivity contribution in [1.29, 1.82) is 5.26 Å². The highest BCUT2D eigenvalue weighted by atomic mass is 19.4. The summed E-state index contributed by atoms with van der Waals surface area (Å²) in [6.07, 6.45) is -4.63. The van der Waals surface area contributed by atoms with Gasteiger partial charge in [-0.15, -0.1) is 0 Å². The molecule has 21 heavy (non-hydrogen) atoms. The van der Waals surface area contributed by atoms with Gasteiger partial charge in [0, 0.05) is 19.3 Å². The molecular weight excluding hydrogens is 289 g/mol. The van der Waals surface area contributed by atoms with Crippen LogP contribution in [0.4, 0.5) is 18.9 Å². The first-order chi connectivity index (χ1) is 9.79. The molecule has 8 heteroatoms. The second-order valence-corrected chi connectivity index (χ2v) is 4.15. The molecule has 1 aromatic rings. The van der Waals surface area contributed by atoms with Crippen molar-refractivity contribution in [2.45, 2.75) is 6.18 Å². The van der Waals surface area contributed by atoms with Crippen molar-refractivity contribution in [3.8, 4) is 6.07 Å². The van der Waals surface area contributed by atoms with E-state index in [2.05, 4.69) is 0 Å². The highest BCUT2D eigenvalue weighted by Crippen LogP contribution is 2.33. The number of aliphatic carboxylic acids is 1. The number of nitrogens with zero attached hydrogens (tertiary/aromatic N) is 2. The molecule has 5 nitrogen and oxygen atoms in total. The summed E-state index contributed by atoms with van der Waals surface area (Å²) in [7, 11) is 1.42. The van der Waals surface area contributed by atoms with Gasteiger partial charge in [0.25, 0.3) is 0 Å². The first-order valence-corrected chi connectivity index (χ1v) is 5.86. The molecule has 0 radical (unpaired) electrons. The smallest absolute Gasteiger partial charge is 0.417 e. The minimum absolute atomic E-state index is 0.180. The van der Waals surface area contributed by atoms with Gasteiger partial charge in [0.15, 0.2) is 0 Å². The molecule has 1 N–H and O–H groups in total. The summed E-state index contributed by atoms with van der Waals surface area (Å²) < 4.78 is 42.9. The molecule has 0 aliphatic carbocycles. The van der Waals surface area contributed by atoms with Crippen LogP contribution >= 0.6 is 0 Å². The maximum absolute atomic E-state index is 12.7. The zero-order valence-electron chi connectivity index (χ0n) is 11.1. The van der Waals surface area contributed by atoms with Gasteiger partial charge in [0.05, 0.1) is 23.8 Å². The fourth-order valence-electron chi connectivity index (χ4n) is 1.73. The monoisotopic (exact) mass is 302 g/mol. The maximum atomic E-state index is 12.7. The topological polar surface area (TPSA) is 73.6 Å². The van der Waals surface area contributed by atoms with Gasteiger partial charge in [-0.3, -0.25) is 4.79 Å². The predicted molar refractivity (Wildman–Crippen MR) is 67.9 cm³/mol. The number of anilines is 1. The average molecular weight is 302 g/mol. The van der Waals surface area contributed by atoms with Crippen molar-refractivity contribution in [2.75, 3.05) is 31.7 Å². The molecule has 0 saturated carbocycles. The van der Waals surface area contributed by atoms with Gasteiger partial charge >= 0.3 is 12.1 Å². The lowest BCUT2D eigenvalue weighted by Crippen LogP contribution is -2.32. The number of carboxylic acid groups (broad SMARTS) is 1. The highest BCUT2D eigenvalue weighted by Gasteiger charge is 2.33. The van der Waals surface area contributed by atoms with Crippen molar-refractivity contribution in [3.05, 3.63) is 29.3 Å². The number of hydrogen-bond acceptors (Lipinski definition) is 4. The van der Waals surface area contributed by atoms with E-state index in [1.807, 2.05) is 0 Å². The quantitative estimate of drug-likeness (QED) is 0.871. The van der Waals surface area contributed by atoms with Crippen molar-refractivity contribution >= 4 is 11.7 Å². The number of hydrogen-bond donors (Lipinski definition) is 1. The number of methoxy groups -OCH3 is 1. The molecule has 0 fully saturated rings. The molecule has 0 spiro atoms. The standard InChI is InChI=1S/C13H13F3N2O3/c1-21-5-4-18(8-12(19)20)10-2-3-11(13(14,15)16)9(6-10)7-17/h2-3,6H,4-5,8H2,1H3,(H,19,20). The lowest BCUT2D eigenvalue weighted by atomic mass is 10.1. The molecule has 0 aliphatic heterocycles. The van der Waals surface area contributed by atoms with Crippen molar-refractivity contribution in [2.24, 2.45) is 0 Å². The van der Waals surface area contributed by atoms with Crippen molar-refractivity contribution in [1.82, 2.24) is 0 Å². The second-order valence-electron chi connectivity index (χ2n) is 4.15. The third-order valence-corrected chi connectivity index (χ3v) is 2.69. The SMILES string of the molecule is COCCN(CC(=O)O)c1ccc(C(F)(F)F)c(C#N)c1. The number of rotatable bonds is 6. The van der Waals surface area contributed by atoms with E-state index in [0.29, 0.717) is 0 Å². The largest absolute Gasteiger partial charge is 0.480 e. The van der Waals surface area contributed by atoms with Crippen LogP contribution in [0.15, 0.2) is 18.2 Å². The zero-order chi connectivity index (χ0) is 16.0. The number of alkyl halides is 3. The fraction of sp³-hybridized carbons (Fsp3) is 0.385. The van der Waals surface area contributed by atoms with Gasteiger partial charge in [-0.05, 0) is 18.2 Å². The van der Waals surface area contributed by atoms with E-state index < -0.39 is 29.8 Å². The van der Waals surface area contributed by atoms with Crippen LogP contribution < -0.4 is 4.90 Å². The summed E-state index contributed by atoms with van der Waals surface area (Å²) in [5.41, 5.74) is -1.37. The van der Waals surface area contributed by atoms with Crippen LogP contribution in [0, 0.1) is 11.3 Å². The van der Waals surface area contributed by atoms with Crippen LogP contribution in [0.5, 0.6) is 0 Å². The number of carbonyl (C=O) groups is 1. The van der Waals surface area contributed by atoms with E-state index >= 15 is 0 Å². The number of carboxylic acids is 1. The number of nitriles is 1. The fourth-order valence-corrected chi connectivity index (χ4v) is 1.73. The summed E-state index contributed by atoms with van der Waals surface area (Å²) in [5.74, 6) is -1.13. The molecule has 0 atom stereocenters. The van der Waals surface area contributed by atoms with Crippen LogP contribution in [0.3, 0.4) is 0 Å². The predicted octanol–water partition coefficient (Wildman–Crippen LogP) is 2.11. The lowest BCUT2D eigenvalue weighted by molar-refractivity contribution is -0.138. The van der Waals surface area contributed by atoms with E-state index in [4.69, 9.17) is 15.1 Å². The first-order valence-electron chi connectivity index (χ1n) is 5.86. The van der Waals surface area contributed by atoms with Gasteiger partial charge in [-0.25, -0.2) is 0 Å². The molecule has 1 rings (SSSR count). The molecule has 0 bridgehead atoms. The zero-order valence-corrected chi connectivity index (χ0v) is 11.1. The Morgan fingerprint density at radius 2 is 2.14 bits per heavy atom. The summed E-state index contributed by atoms with van der Waals surface area (Å²) in [6, 6.07) is 4.43. The Kier molecular flexibility index (Phi) is 5.55. The Morgan fingerprint density at radius 3 is 2.62 bits per heavy atom. The number of halogens is 3. The average Bonchev–Trinajstić information content (AvgIpc) is 2.41. The summed E-state index contributed by atoms with van der Waals surface area (Å²) in [4.78, 5) is 12.1. The molecule has 0 amide bonds. The maximum Gasteiger partial charge on any atom is 0.417 e. The van der Waals surface area contributed by atoms with Crippen LogP contribution in [-0.2, 0) is 15.7 Å². The van der Waals surface area contributed by atoms with Gasteiger partial charge in [0.1, 0.15) is 6.54 Å². The molecule has 0 heterocycles. The van der Waals surface area contributed by atoms with Gasteiger partial charge in [0.2, 0.25) is 0 Å². The minimum atomic E-state index is -4.63. The molecule has 114 valence electrons. The van der Waals surface area contributed by atoms with Gasteiger partial charge in [-0.1, -0.05) is 0 Å². The van der Waals surface area contributed by atoms with Crippen LogP contribution in [0.25, 0.3) is 0 Å². The normalized spacial score (nSPS) is 11.0. The highest BCUT2D eigenvalue weighted by molar-refractivity contribution is 5.74. The van der Waals surface area contributed by atoms with E-state index in [1.165, 1.54) is 18.1 Å². The molecule has 0 saturated heterocycles. The summed E-state index contributed by atoms with van der Waals surface area (Å²) >= 11 is 0. The Morgan fingerprint density at radius 1 is 1.48 bits per heavy atom. The third-order valence-electron chi connectivity index (χ3n) is 2.69. The second kappa shape index (κ2) is 6.95. The number of benzene rings is 1. The molecule has 0 aromatic heterocycles. The Hall–Kier alpha value is -2.27. The summed E-state index contributed by atoms with van der Waals surface area (Å²) in [5, 5.41) is 17.7. The van der Waals surface area contributed by atoms with Gasteiger partial charge < -0.3 is 14.7 Å². The van der Waals surface area contributed by atoms with E-state index in [9.17, 15) is 18.0 Å². The van der Waals surface area contributed by atoms with Crippen molar-refractivity contribution in [3.63, 3.8) is 0 Å². The number of ether oxygens (including phenoxy) is 1. The van der Waals surface area contributed by atoms with Crippen LogP contribution in [0.1, 0.15) is 11.1 Å². The van der Waals surface area contributed by atoms with E-state index in [1.54, 1.807) is 0 Å². The Labute approximate surface area is 119 Å². The first kappa shape index (κ1) is 16.8. The van der Waals surface area contributed by atoms with E-state index in [0.717, 1.165) is 18.2 Å². The lowest BCUT2D eigenvalue weighted by Gasteiger charge is -2.23. The van der Waals surface area contributed by atoms with Gasteiger partial charge in [-0.2, -0.15) is 18.4 Å². The molecule has 0 aliphatic rings.